The molecule has 0 radical (unpaired) electrons. The molecule has 0 aromatic heterocycles. The first-order valence-corrected chi connectivity index (χ1v) is 9.41. The van der Waals surface area contributed by atoms with Crippen molar-refractivity contribution in [2.75, 3.05) is 0 Å². The van der Waals surface area contributed by atoms with E-state index in [-0.39, 0.29) is 0 Å². The minimum absolute atomic E-state index is 1.25. The Hall–Kier alpha value is -2.39. The van der Waals surface area contributed by atoms with Gasteiger partial charge in [0, 0.05) is 3.57 Å². The third-order valence-electron chi connectivity index (χ3n) is 4.39. The lowest BCUT2D eigenvalue weighted by Gasteiger charge is -2.15. The lowest BCUT2D eigenvalue weighted by Crippen LogP contribution is -1.90. The average Bonchev–Trinajstić information content (AvgIpc) is 2.69. The Bertz CT molecular complexity index is 1000. The van der Waals surface area contributed by atoms with Gasteiger partial charge in [0.2, 0.25) is 0 Å². The Morgan fingerprint density at radius 2 is 0.760 bits per heavy atom. The van der Waals surface area contributed by atoms with Gasteiger partial charge in [-0.1, -0.05) is 97.1 Å². The summed E-state index contributed by atoms with van der Waals surface area (Å²) >= 11 is 2.42. The van der Waals surface area contributed by atoms with Crippen LogP contribution < -0.4 is 0 Å². The molecule has 0 aliphatic rings. The second-order valence-electron chi connectivity index (χ2n) is 5.94. The highest BCUT2D eigenvalue weighted by molar-refractivity contribution is 14.1. The van der Waals surface area contributed by atoms with Crippen molar-refractivity contribution < 1.29 is 0 Å². The highest BCUT2D eigenvalue weighted by Gasteiger charge is 2.13. The van der Waals surface area contributed by atoms with E-state index in [1.807, 2.05) is 0 Å². The summed E-state index contributed by atoms with van der Waals surface area (Å²) in [5.41, 5.74) is 7.60. The fraction of sp³-hybridized carbons (Fsp3) is 0. The maximum Gasteiger partial charge on any atom is 0.0209 e. The molecule has 1 heteroatoms. The molecule has 4 aromatic carbocycles. The second kappa shape index (κ2) is 7.24. The molecule has 0 saturated heterocycles. The molecule has 0 saturated carbocycles. The van der Waals surface area contributed by atoms with Gasteiger partial charge in [0.15, 0.2) is 0 Å². The summed E-state index contributed by atoms with van der Waals surface area (Å²) in [4.78, 5) is 0. The van der Waals surface area contributed by atoms with E-state index in [1.165, 1.54) is 37.0 Å². The van der Waals surface area contributed by atoms with Gasteiger partial charge in [-0.05, 0) is 62.0 Å². The molecule has 0 spiro atoms. The van der Waals surface area contributed by atoms with Crippen LogP contribution in [-0.4, -0.2) is 0 Å². The highest BCUT2D eigenvalue weighted by Crippen LogP contribution is 2.39. The van der Waals surface area contributed by atoms with Gasteiger partial charge in [0.25, 0.3) is 0 Å². The SMILES string of the molecule is Ic1ccccc1-c1ccccc1-c1ccccc1-c1ccccc1. The van der Waals surface area contributed by atoms with Crippen LogP contribution in [0.5, 0.6) is 0 Å². The maximum atomic E-state index is 2.42. The molecule has 0 fully saturated rings. The largest absolute Gasteiger partial charge is 0.0622 e. The van der Waals surface area contributed by atoms with E-state index in [2.05, 4.69) is 126 Å². The quantitative estimate of drug-likeness (QED) is 0.298. The summed E-state index contributed by atoms with van der Waals surface area (Å²) in [6.07, 6.45) is 0. The van der Waals surface area contributed by atoms with Gasteiger partial charge >= 0.3 is 0 Å². The Balaban J connectivity index is 1.95. The number of benzene rings is 4. The molecule has 120 valence electrons. The fourth-order valence-corrected chi connectivity index (χ4v) is 3.90. The van der Waals surface area contributed by atoms with E-state index >= 15 is 0 Å². The molecule has 0 atom stereocenters. The van der Waals surface area contributed by atoms with Crippen LogP contribution in [0, 0.1) is 3.57 Å². The van der Waals surface area contributed by atoms with Crippen molar-refractivity contribution in [2.24, 2.45) is 0 Å². The molecule has 0 unspecified atom stereocenters. The normalized spacial score (nSPS) is 10.6. The van der Waals surface area contributed by atoms with Crippen molar-refractivity contribution in [3.8, 4) is 33.4 Å². The standard InChI is InChI=1S/C24H17I/c25-24-17-9-8-16-23(24)22-15-7-6-14-21(22)20-13-5-4-12-19(20)18-10-2-1-3-11-18/h1-17H. The van der Waals surface area contributed by atoms with E-state index in [4.69, 9.17) is 0 Å². The zero-order chi connectivity index (χ0) is 17.1. The molecule has 4 rings (SSSR count). The predicted octanol–water partition coefficient (Wildman–Crippen LogP) is 7.29. The molecular formula is C24H17I. The van der Waals surface area contributed by atoms with E-state index in [9.17, 15) is 0 Å². The van der Waals surface area contributed by atoms with Crippen LogP contribution in [-0.2, 0) is 0 Å². The molecule has 0 N–H and O–H groups in total. The zero-order valence-corrected chi connectivity index (χ0v) is 15.9. The van der Waals surface area contributed by atoms with Gasteiger partial charge in [0.1, 0.15) is 0 Å². The van der Waals surface area contributed by atoms with Crippen LogP contribution in [0.25, 0.3) is 33.4 Å². The number of halogens is 1. The molecule has 0 aliphatic heterocycles. The second-order valence-corrected chi connectivity index (χ2v) is 7.10. The van der Waals surface area contributed by atoms with Gasteiger partial charge in [-0.2, -0.15) is 0 Å². The summed E-state index contributed by atoms with van der Waals surface area (Å²) in [6, 6.07) is 36.5. The molecule has 0 amide bonds. The smallest absolute Gasteiger partial charge is 0.0209 e. The van der Waals surface area contributed by atoms with Crippen molar-refractivity contribution in [1.29, 1.82) is 0 Å². The number of hydrogen-bond donors (Lipinski definition) is 0. The zero-order valence-electron chi connectivity index (χ0n) is 13.7. The third-order valence-corrected chi connectivity index (χ3v) is 5.33. The van der Waals surface area contributed by atoms with Crippen molar-refractivity contribution in [1.82, 2.24) is 0 Å². The molecular weight excluding hydrogens is 415 g/mol. The monoisotopic (exact) mass is 432 g/mol. The molecule has 0 nitrogen and oxygen atoms in total. The molecule has 0 aliphatic carbocycles. The topological polar surface area (TPSA) is 0 Å². The summed E-state index contributed by atoms with van der Waals surface area (Å²) in [5, 5.41) is 0. The first-order valence-electron chi connectivity index (χ1n) is 8.33. The van der Waals surface area contributed by atoms with E-state index in [1.54, 1.807) is 0 Å². The van der Waals surface area contributed by atoms with Crippen molar-refractivity contribution >= 4 is 22.6 Å². The van der Waals surface area contributed by atoms with Crippen molar-refractivity contribution in [3.05, 3.63) is 107 Å². The van der Waals surface area contributed by atoms with Crippen LogP contribution in [0.2, 0.25) is 0 Å². The number of rotatable bonds is 3. The molecule has 4 aromatic rings. The van der Waals surface area contributed by atoms with Crippen LogP contribution in [0.15, 0.2) is 103 Å². The van der Waals surface area contributed by atoms with Gasteiger partial charge in [-0.3, -0.25) is 0 Å². The first-order chi connectivity index (χ1) is 12.3. The minimum atomic E-state index is 1.25. The molecule has 0 bridgehead atoms. The average molecular weight is 432 g/mol. The van der Waals surface area contributed by atoms with Gasteiger partial charge in [-0.25, -0.2) is 0 Å². The minimum Gasteiger partial charge on any atom is -0.0622 e. The summed E-state index contributed by atoms with van der Waals surface area (Å²) in [5.74, 6) is 0. The Labute approximate surface area is 162 Å². The lowest BCUT2D eigenvalue weighted by atomic mass is 9.89. The lowest BCUT2D eigenvalue weighted by molar-refractivity contribution is 1.55. The van der Waals surface area contributed by atoms with E-state index in [0.717, 1.165) is 0 Å². The van der Waals surface area contributed by atoms with Crippen molar-refractivity contribution in [2.45, 2.75) is 0 Å². The third kappa shape index (κ3) is 3.24. The van der Waals surface area contributed by atoms with Crippen LogP contribution in [0.1, 0.15) is 0 Å². The Morgan fingerprint density at radius 1 is 0.360 bits per heavy atom. The first kappa shape index (κ1) is 16.1. The molecule has 25 heavy (non-hydrogen) atoms. The van der Waals surface area contributed by atoms with Crippen molar-refractivity contribution in [3.63, 3.8) is 0 Å². The summed E-state index contributed by atoms with van der Waals surface area (Å²) < 4.78 is 1.27. The summed E-state index contributed by atoms with van der Waals surface area (Å²) in [6.45, 7) is 0. The fourth-order valence-electron chi connectivity index (χ4n) is 3.22. The van der Waals surface area contributed by atoms with E-state index in [0.29, 0.717) is 0 Å². The van der Waals surface area contributed by atoms with Gasteiger partial charge in [-0.15, -0.1) is 0 Å². The van der Waals surface area contributed by atoms with Crippen LogP contribution in [0.3, 0.4) is 0 Å². The Kier molecular flexibility index (Phi) is 4.66. The summed E-state index contributed by atoms with van der Waals surface area (Å²) in [7, 11) is 0. The Morgan fingerprint density at radius 3 is 1.36 bits per heavy atom. The number of hydrogen-bond acceptors (Lipinski definition) is 0. The predicted molar refractivity (Wildman–Crippen MR) is 115 cm³/mol. The van der Waals surface area contributed by atoms with Crippen LogP contribution in [0.4, 0.5) is 0 Å². The maximum absolute atomic E-state index is 2.42. The highest BCUT2D eigenvalue weighted by atomic mass is 127. The van der Waals surface area contributed by atoms with E-state index < -0.39 is 0 Å². The van der Waals surface area contributed by atoms with Crippen LogP contribution >= 0.6 is 22.6 Å². The van der Waals surface area contributed by atoms with Gasteiger partial charge < -0.3 is 0 Å². The molecule has 0 heterocycles. The van der Waals surface area contributed by atoms with Gasteiger partial charge in [0.05, 0.1) is 0 Å².